The van der Waals surface area contributed by atoms with E-state index >= 15 is 0 Å². The van der Waals surface area contributed by atoms with Gasteiger partial charge >= 0.3 is 21.3 Å². The van der Waals surface area contributed by atoms with Crippen molar-refractivity contribution in [3.05, 3.63) is 33.1 Å². The highest BCUT2D eigenvalue weighted by Gasteiger charge is 2.50. The highest BCUT2D eigenvalue weighted by Crippen LogP contribution is 2.61. The minimum atomic E-state index is -5.67. The standard InChI is InChI=1S/C15H23FN2O16P2.C6H15N/c16-8-11(23)9(21)5(3-19)32-14(8)33-36(28,29)34-35(26,27)30-4-6-10(22)12(24)13(31-6)18-2-1-7(20)17-15(18)25;1-4-7(5-2)6-3/h1-2,5-6,8-14,19,21-24H,3-4H2,(H,26,27)(H,28,29)(H,17,20,25);4-6H2,1-3H3/t5-,6-,8+,9-,10-,11-,12-,13-,14-;/m1./s1. The summed E-state index contributed by atoms with van der Waals surface area (Å²) in [6, 6.07) is 0.919. The van der Waals surface area contributed by atoms with E-state index in [-0.39, 0.29) is 0 Å². The van der Waals surface area contributed by atoms with Crippen LogP contribution in [0.4, 0.5) is 4.39 Å². The smallest absolute Gasteiger partial charge is 0.394 e. The van der Waals surface area contributed by atoms with E-state index in [1.807, 2.05) is 4.98 Å². The third-order valence-electron chi connectivity index (χ3n) is 6.46. The van der Waals surface area contributed by atoms with Gasteiger partial charge < -0.3 is 49.7 Å². The van der Waals surface area contributed by atoms with E-state index in [4.69, 9.17) is 14.6 Å². The molecule has 3 rings (SSSR count). The van der Waals surface area contributed by atoms with Gasteiger partial charge in [-0.1, -0.05) is 20.8 Å². The lowest BCUT2D eigenvalue weighted by Gasteiger charge is -2.38. The Labute approximate surface area is 244 Å². The number of halogens is 1. The van der Waals surface area contributed by atoms with Crippen LogP contribution < -0.4 is 11.2 Å². The predicted octanol–water partition coefficient (Wildman–Crippen LogP) is -2.47. The van der Waals surface area contributed by atoms with Crippen molar-refractivity contribution in [2.75, 3.05) is 32.8 Å². The Bertz CT molecular complexity index is 1230. The van der Waals surface area contributed by atoms with Gasteiger partial charge in [-0.15, -0.1) is 0 Å². The van der Waals surface area contributed by atoms with Crippen LogP contribution >= 0.6 is 15.6 Å². The molecular weight excluding hydrogens is 631 g/mol. The van der Waals surface area contributed by atoms with Crippen molar-refractivity contribution in [2.24, 2.45) is 0 Å². The van der Waals surface area contributed by atoms with Crippen LogP contribution in [0.2, 0.25) is 0 Å². The summed E-state index contributed by atoms with van der Waals surface area (Å²) in [4.78, 5) is 46.8. The van der Waals surface area contributed by atoms with Gasteiger partial charge in [-0.2, -0.15) is 4.31 Å². The SMILES string of the molecule is CCN(CC)CC.O=c1ccn([C@@H]2O[C@H](COP(=O)(O)OP(=O)(O)O[C@H]3O[C@H](CO)[C@@H](O)[C@H](O)[C@@H]3F)[C@@H](O)[C@H]2O)c(=O)[nH]1. The lowest BCUT2D eigenvalue weighted by molar-refractivity contribution is -0.265. The Kier molecular flexibility index (Phi) is 14.2. The second-order valence-corrected chi connectivity index (χ2v) is 12.3. The quantitative estimate of drug-likeness (QED) is 0.107. The number of phosphoric ester groups is 2. The third-order valence-corrected chi connectivity index (χ3v) is 9.06. The van der Waals surface area contributed by atoms with E-state index in [0.717, 1.165) is 12.3 Å². The molecule has 2 aliphatic rings. The van der Waals surface area contributed by atoms with Gasteiger partial charge in [0, 0.05) is 12.3 Å². The Balaban J connectivity index is 0.000000821. The minimum absolute atomic E-state index is 0.711. The fraction of sp³-hybridized carbons (Fsp3) is 0.810. The topological polar surface area (TPSA) is 280 Å². The lowest BCUT2D eigenvalue weighted by Crippen LogP contribution is -2.57. The number of nitrogens with one attached hydrogen (secondary N) is 1. The number of H-pyrrole nitrogens is 1. The first-order valence-electron chi connectivity index (χ1n) is 13.0. The molecule has 2 fully saturated rings. The first-order chi connectivity index (χ1) is 20.0. The number of phosphoric acid groups is 2. The monoisotopic (exact) mass is 669 g/mol. The summed E-state index contributed by atoms with van der Waals surface area (Å²) in [6.45, 7) is 8.12. The summed E-state index contributed by atoms with van der Waals surface area (Å²) in [6.07, 6.45) is -16.6. The molecule has 0 bridgehead atoms. The molecule has 11 atom stereocenters. The average Bonchev–Trinajstić information content (AvgIpc) is 3.21. The van der Waals surface area contributed by atoms with Gasteiger partial charge in [-0.3, -0.25) is 23.4 Å². The zero-order chi connectivity index (χ0) is 32.7. The van der Waals surface area contributed by atoms with Crippen molar-refractivity contribution >= 4 is 15.6 Å². The number of nitrogens with zero attached hydrogens (tertiary/aromatic N) is 2. The minimum Gasteiger partial charge on any atom is -0.394 e. The fourth-order valence-corrected chi connectivity index (χ4v) is 6.15. The molecule has 1 aromatic heterocycles. The summed E-state index contributed by atoms with van der Waals surface area (Å²) >= 11 is 0. The van der Waals surface area contributed by atoms with Crippen LogP contribution in [-0.2, 0) is 32.0 Å². The Hall–Kier alpha value is -1.45. The Morgan fingerprint density at radius 2 is 1.53 bits per heavy atom. The summed E-state index contributed by atoms with van der Waals surface area (Å²) in [7, 11) is -11.2. The van der Waals surface area contributed by atoms with Crippen LogP contribution in [0.1, 0.15) is 27.0 Å². The molecule has 22 heteroatoms. The molecule has 2 unspecified atom stereocenters. The molecule has 0 spiro atoms. The number of aromatic amines is 1. The van der Waals surface area contributed by atoms with E-state index in [1.165, 1.54) is 19.6 Å². The molecule has 2 aliphatic heterocycles. The first-order valence-corrected chi connectivity index (χ1v) is 16.0. The van der Waals surface area contributed by atoms with Gasteiger partial charge in [0.2, 0.25) is 6.29 Å². The number of ether oxygens (including phenoxy) is 2. The van der Waals surface area contributed by atoms with E-state index in [9.17, 15) is 53.3 Å². The highest BCUT2D eigenvalue weighted by molar-refractivity contribution is 7.61. The normalized spacial score (nSPS) is 33.8. The maximum atomic E-state index is 14.1. The molecule has 3 heterocycles. The van der Waals surface area contributed by atoms with Crippen molar-refractivity contribution in [1.29, 1.82) is 0 Å². The molecule has 2 saturated heterocycles. The van der Waals surface area contributed by atoms with Gasteiger partial charge in [0.25, 0.3) is 5.56 Å². The van der Waals surface area contributed by atoms with Crippen LogP contribution in [0.3, 0.4) is 0 Å². The van der Waals surface area contributed by atoms with Crippen LogP contribution in [0.5, 0.6) is 0 Å². The van der Waals surface area contributed by atoms with Gasteiger partial charge in [-0.25, -0.2) is 18.3 Å². The van der Waals surface area contributed by atoms with Crippen molar-refractivity contribution in [1.82, 2.24) is 14.5 Å². The van der Waals surface area contributed by atoms with Crippen LogP contribution in [-0.4, -0.2) is 132 Å². The Morgan fingerprint density at radius 3 is 2.05 bits per heavy atom. The summed E-state index contributed by atoms with van der Waals surface area (Å²) < 4.78 is 61.7. The number of rotatable bonds is 12. The summed E-state index contributed by atoms with van der Waals surface area (Å²) in [5, 5.41) is 48.5. The Morgan fingerprint density at radius 1 is 0.953 bits per heavy atom. The van der Waals surface area contributed by atoms with Crippen LogP contribution in [0, 0.1) is 0 Å². The average molecular weight is 669 g/mol. The molecule has 250 valence electrons. The van der Waals surface area contributed by atoms with Gasteiger partial charge in [0.15, 0.2) is 12.4 Å². The molecule has 0 amide bonds. The molecule has 0 saturated carbocycles. The molecule has 43 heavy (non-hydrogen) atoms. The van der Waals surface area contributed by atoms with E-state index in [1.54, 1.807) is 0 Å². The van der Waals surface area contributed by atoms with Gasteiger partial charge in [0.1, 0.15) is 36.6 Å². The molecule has 8 N–H and O–H groups in total. The number of aromatic nitrogens is 2. The number of alkyl halides is 1. The second kappa shape index (κ2) is 16.2. The van der Waals surface area contributed by atoms with Crippen molar-refractivity contribution in [2.45, 2.75) is 76.1 Å². The molecule has 1 aromatic rings. The van der Waals surface area contributed by atoms with Crippen molar-refractivity contribution < 1.29 is 71.7 Å². The molecular formula is C21H38FN3O16P2. The number of aliphatic hydroxyl groups excluding tert-OH is 5. The predicted molar refractivity (Wildman–Crippen MR) is 141 cm³/mol. The van der Waals surface area contributed by atoms with Crippen LogP contribution in [0.25, 0.3) is 0 Å². The number of aliphatic hydroxyl groups is 5. The lowest BCUT2D eigenvalue weighted by atomic mass is 10.0. The maximum Gasteiger partial charge on any atom is 0.483 e. The summed E-state index contributed by atoms with van der Waals surface area (Å²) in [5.41, 5.74) is -1.76. The first kappa shape index (κ1) is 37.7. The zero-order valence-corrected chi connectivity index (χ0v) is 25.1. The van der Waals surface area contributed by atoms with Crippen LogP contribution in [0.15, 0.2) is 21.9 Å². The maximum absolute atomic E-state index is 14.1. The van der Waals surface area contributed by atoms with Gasteiger partial charge in [-0.05, 0) is 19.6 Å². The molecule has 19 nitrogen and oxygen atoms in total. The zero-order valence-electron chi connectivity index (χ0n) is 23.4. The summed E-state index contributed by atoms with van der Waals surface area (Å²) in [5.74, 6) is 0. The number of hydrogen-bond acceptors (Lipinski definition) is 15. The van der Waals surface area contributed by atoms with E-state index in [0.29, 0.717) is 4.57 Å². The third kappa shape index (κ3) is 10.3. The van der Waals surface area contributed by atoms with Crippen molar-refractivity contribution in [3.8, 4) is 0 Å². The molecule has 0 aliphatic carbocycles. The highest BCUT2D eigenvalue weighted by atomic mass is 31.3. The fourth-order valence-electron chi connectivity index (χ4n) is 4.00. The van der Waals surface area contributed by atoms with E-state index < -0.39 is 95.4 Å². The van der Waals surface area contributed by atoms with Crippen molar-refractivity contribution in [3.63, 3.8) is 0 Å². The van der Waals surface area contributed by atoms with Gasteiger partial charge in [0.05, 0.1) is 13.2 Å². The second-order valence-electron chi connectivity index (χ2n) is 9.25. The molecule has 0 aromatic carbocycles. The largest absolute Gasteiger partial charge is 0.483 e. The molecule has 0 radical (unpaired) electrons. The van der Waals surface area contributed by atoms with E-state index in [2.05, 4.69) is 39.0 Å². The number of hydrogen-bond donors (Lipinski definition) is 8.